The number of aryl methyl sites for hydroxylation is 1. The molecule has 0 fully saturated rings. The van der Waals surface area contributed by atoms with Gasteiger partial charge in [0.25, 0.3) is 0 Å². The van der Waals surface area contributed by atoms with Crippen molar-refractivity contribution in [1.29, 1.82) is 0 Å². The lowest BCUT2D eigenvalue weighted by Crippen LogP contribution is -2.24. The van der Waals surface area contributed by atoms with Crippen molar-refractivity contribution in [3.8, 4) is 0 Å². The van der Waals surface area contributed by atoms with Gasteiger partial charge in [0.1, 0.15) is 0 Å². The van der Waals surface area contributed by atoms with E-state index in [4.69, 9.17) is 4.74 Å². The lowest BCUT2D eigenvalue weighted by Gasteiger charge is -2.14. The fourth-order valence-electron chi connectivity index (χ4n) is 3.12. The molecule has 2 heterocycles. The number of rotatable bonds is 7. The number of aromatic nitrogens is 3. The summed E-state index contributed by atoms with van der Waals surface area (Å²) in [7, 11) is -3.41. The van der Waals surface area contributed by atoms with Crippen molar-refractivity contribution in [2.75, 3.05) is 11.0 Å². The summed E-state index contributed by atoms with van der Waals surface area (Å²) in [6, 6.07) is 7.57. The van der Waals surface area contributed by atoms with Crippen LogP contribution in [0.3, 0.4) is 0 Å². The molecule has 9 nitrogen and oxygen atoms in total. The first-order chi connectivity index (χ1) is 14.5. The smallest absolute Gasteiger partial charge is 0.339 e. The van der Waals surface area contributed by atoms with Crippen LogP contribution < -0.4 is 4.72 Å². The fourth-order valence-corrected chi connectivity index (χ4v) is 3.68. The zero-order valence-corrected chi connectivity index (χ0v) is 18.7. The maximum absolute atomic E-state index is 12.8. The number of hydrogen-bond donors (Lipinski definition) is 1. The fraction of sp³-hybridized carbons (Fsp3) is 0.333. The molecular weight excluding hydrogens is 420 g/mol. The maximum Gasteiger partial charge on any atom is 0.339 e. The lowest BCUT2D eigenvalue weighted by molar-refractivity contribution is 0.0320. The van der Waals surface area contributed by atoms with Gasteiger partial charge in [0.15, 0.2) is 11.8 Å². The van der Waals surface area contributed by atoms with E-state index < -0.39 is 27.9 Å². The second-order valence-corrected chi connectivity index (χ2v) is 9.34. The van der Waals surface area contributed by atoms with Gasteiger partial charge in [-0.15, -0.1) is 0 Å². The average Bonchev–Trinajstić information content (AvgIpc) is 3.10. The molecule has 3 aromatic rings. The number of Topliss-reactive ketones (excluding diaryl/α,β-unsaturated/α-hetero) is 1. The zero-order chi connectivity index (χ0) is 22.9. The number of anilines is 1. The number of ether oxygens (including phenoxy) is 1. The summed E-state index contributed by atoms with van der Waals surface area (Å²) in [6.07, 6.45) is 1.57. The van der Waals surface area contributed by atoms with Crippen molar-refractivity contribution in [1.82, 2.24) is 14.8 Å². The number of benzene rings is 1. The van der Waals surface area contributed by atoms with E-state index in [1.54, 1.807) is 23.9 Å². The Bertz CT molecular complexity index is 1250. The topological polar surface area (TPSA) is 120 Å². The van der Waals surface area contributed by atoms with Gasteiger partial charge >= 0.3 is 5.97 Å². The summed E-state index contributed by atoms with van der Waals surface area (Å²) in [5.41, 5.74) is 2.13. The molecule has 0 aliphatic carbocycles. The predicted molar refractivity (Wildman–Crippen MR) is 117 cm³/mol. The van der Waals surface area contributed by atoms with Crippen LogP contribution in [0.1, 0.15) is 53.2 Å². The van der Waals surface area contributed by atoms with Crippen LogP contribution in [0.15, 0.2) is 36.5 Å². The molecule has 1 atom stereocenters. The van der Waals surface area contributed by atoms with Gasteiger partial charge in [-0.1, -0.05) is 0 Å². The van der Waals surface area contributed by atoms with Gasteiger partial charge in [-0.2, -0.15) is 5.10 Å². The second-order valence-electron chi connectivity index (χ2n) is 7.59. The summed E-state index contributed by atoms with van der Waals surface area (Å²) in [5.74, 6) is -1.05. The van der Waals surface area contributed by atoms with Crippen LogP contribution in [-0.2, 0) is 14.8 Å². The van der Waals surface area contributed by atoms with Crippen LogP contribution in [0.5, 0.6) is 0 Å². The van der Waals surface area contributed by atoms with E-state index in [2.05, 4.69) is 14.8 Å². The molecule has 1 unspecified atom stereocenters. The highest BCUT2D eigenvalue weighted by atomic mass is 32.2. The first-order valence-electron chi connectivity index (χ1n) is 9.64. The van der Waals surface area contributed by atoms with E-state index in [0.29, 0.717) is 33.5 Å². The zero-order valence-electron chi connectivity index (χ0n) is 17.9. The number of carbonyl (C=O) groups excluding carboxylic acids is 2. The lowest BCUT2D eigenvalue weighted by atomic mass is 10.1. The molecule has 0 saturated heterocycles. The molecule has 3 rings (SSSR count). The molecule has 0 spiro atoms. The Balaban J connectivity index is 1.80. The molecule has 2 aromatic heterocycles. The number of ketones is 1. The van der Waals surface area contributed by atoms with Gasteiger partial charge in [0, 0.05) is 23.0 Å². The Hall–Kier alpha value is -3.27. The third kappa shape index (κ3) is 5.08. The van der Waals surface area contributed by atoms with E-state index >= 15 is 0 Å². The standard InChI is InChI=1S/C21H24N4O5S/c1-12(2)25-20-18(11-22-25)17(10-13(3)23-20)21(27)30-14(4)19(26)15-6-8-16(9-7-15)24-31(5,28)29/h6-12,14,24H,1-5H3. The third-order valence-corrected chi connectivity index (χ3v) is 5.14. The molecule has 164 valence electrons. The Labute approximate surface area is 180 Å². The van der Waals surface area contributed by atoms with Crippen molar-refractivity contribution < 1.29 is 22.7 Å². The van der Waals surface area contributed by atoms with Crippen molar-refractivity contribution >= 4 is 38.5 Å². The van der Waals surface area contributed by atoms with E-state index in [1.165, 1.54) is 31.2 Å². The maximum atomic E-state index is 12.8. The van der Waals surface area contributed by atoms with Crippen molar-refractivity contribution in [3.63, 3.8) is 0 Å². The van der Waals surface area contributed by atoms with Crippen LogP contribution in [0.2, 0.25) is 0 Å². The molecule has 0 amide bonds. The van der Waals surface area contributed by atoms with Gasteiger partial charge < -0.3 is 4.74 Å². The summed E-state index contributed by atoms with van der Waals surface area (Å²) < 4.78 is 32.1. The van der Waals surface area contributed by atoms with E-state index in [9.17, 15) is 18.0 Å². The number of carbonyl (C=O) groups is 2. The van der Waals surface area contributed by atoms with Crippen LogP contribution in [0, 0.1) is 6.92 Å². The number of sulfonamides is 1. The molecule has 0 aliphatic heterocycles. The molecule has 0 radical (unpaired) electrons. The third-order valence-electron chi connectivity index (χ3n) is 4.53. The number of nitrogens with one attached hydrogen (secondary N) is 1. The summed E-state index contributed by atoms with van der Waals surface area (Å²) in [4.78, 5) is 30.0. The highest BCUT2D eigenvalue weighted by Gasteiger charge is 2.23. The van der Waals surface area contributed by atoms with Crippen LogP contribution in [0.4, 0.5) is 5.69 Å². The summed E-state index contributed by atoms with van der Waals surface area (Å²) in [6.45, 7) is 7.19. The average molecular weight is 445 g/mol. The first-order valence-corrected chi connectivity index (χ1v) is 11.5. The number of fused-ring (bicyclic) bond motifs is 1. The summed E-state index contributed by atoms with van der Waals surface area (Å²) in [5, 5.41) is 4.86. The monoisotopic (exact) mass is 444 g/mol. The number of esters is 1. The van der Waals surface area contributed by atoms with Gasteiger partial charge in [-0.3, -0.25) is 9.52 Å². The summed E-state index contributed by atoms with van der Waals surface area (Å²) >= 11 is 0. The van der Waals surface area contributed by atoms with Crippen LogP contribution in [0.25, 0.3) is 11.0 Å². The minimum atomic E-state index is -3.41. The molecule has 31 heavy (non-hydrogen) atoms. The minimum Gasteiger partial charge on any atom is -0.451 e. The highest BCUT2D eigenvalue weighted by Crippen LogP contribution is 2.22. The normalized spacial score (nSPS) is 12.7. The predicted octanol–water partition coefficient (Wildman–Crippen LogP) is 3.12. The largest absolute Gasteiger partial charge is 0.451 e. The molecule has 10 heteroatoms. The SMILES string of the molecule is Cc1cc(C(=O)OC(C)C(=O)c2ccc(NS(C)(=O)=O)cc2)c2cnn(C(C)C)c2n1. The van der Waals surface area contributed by atoms with Gasteiger partial charge in [0.05, 0.1) is 23.4 Å². The Morgan fingerprint density at radius 1 is 1.13 bits per heavy atom. The van der Waals surface area contributed by atoms with Crippen molar-refractivity contribution in [3.05, 3.63) is 53.3 Å². The van der Waals surface area contributed by atoms with Crippen LogP contribution >= 0.6 is 0 Å². The van der Waals surface area contributed by atoms with Crippen LogP contribution in [-0.4, -0.2) is 47.3 Å². The van der Waals surface area contributed by atoms with Crippen molar-refractivity contribution in [2.45, 2.75) is 39.8 Å². The van der Waals surface area contributed by atoms with E-state index in [-0.39, 0.29) is 6.04 Å². The van der Waals surface area contributed by atoms with Gasteiger partial charge in [-0.25, -0.2) is 22.9 Å². The molecule has 1 aromatic carbocycles. The molecule has 1 N–H and O–H groups in total. The minimum absolute atomic E-state index is 0.0660. The first kappa shape index (κ1) is 22.4. The molecule has 0 saturated carbocycles. The van der Waals surface area contributed by atoms with Gasteiger partial charge in [-0.05, 0) is 58.0 Å². The van der Waals surface area contributed by atoms with E-state index in [0.717, 1.165) is 6.26 Å². The number of hydrogen-bond acceptors (Lipinski definition) is 7. The Morgan fingerprint density at radius 2 is 1.77 bits per heavy atom. The Morgan fingerprint density at radius 3 is 2.35 bits per heavy atom. The highest BCUT2D eigenvalue weighted by molar-refractivity contribution is 7.92. The van der Waals surface area contributed by atoms with Gasteiger partial charge in [0.2, 0.25) is 15.8 Å². The number of pyridine rings is 1. The Kier molecular flexibility index (Phi) is 6.12. The van der Waals surface area contributed by atoms with Crippen molar-refractivity contribution in [2.24, 2.45) is 0 Å². The van der Waals surface area contributed by atoms with E-state index in [1.807, 2.05) is 13.8 Å². The molecular formula is C21H24N4O5S. The molecule has 0 aliphatic rings. The quantitative estimate of drug-likeness (QED) is 0.439. The number of nitrogens with zero attached hydrogens (tertiary/aromatic N) is 3. The molecule has 0 bridgehead atoms. The second kappa shape index (κ2) is 8.46.